The fraction of sp³-hybridized carbons (Fsp3) is 0.304. The molecule has 7 nitrogen and oxygen atoms in total. The summed E-state index contributed by atoms with van der Waals surface area (Å²) in [7, 11) is 0. The summed E-state index contributed by atoms with van der Waals surface area (Å²) in [6, 6.07) is 9.43. The molecule has 0 aliphatic rings. The maximum absolute atomic E-state index is 13.5. The molecule has 0 spiro atoms. The van der Waals surface area contributed by atoms with E-state index in [-0.39, 0.29) is 30.2 Å². The van der Waals surface area contributed by atoms with Gasteiger partial charge in [-0.05, 0) is 30.5 Å². The zero-order chi connectivity index (χ0) is 23.5. The molecule has 9 heteroatoms. The summed E-state index contributed by atoms with van der Waals surface area (Å²) in [5.41, 5.74) is 1.06. The van der Waals surface area contributed by atoms with E-state index in [4.69, 9.17) is 4.74 Å². The van der Waals surface area contributed by atoms with Crippen molar-refractivity contribution in [1.82, 2.24) is 10.6 Å². The summed E-state index contributed by atoms with van der Waals surface area (Å²) < 4.78 is 31.3. The Balaban J connectivity index is 1.69. The Morgan fingerprint density at radius 3 is 2.31 bits per heavy atom. The van der Waals surface area contributed by atoms with Crippen LogP contribution in [-0.2, 0) is 20.7 Å². The van der Waals surface area contributed by atoms with Gasteiger partial charge in [-0.15, -0.1) is 0 Å². The van der Waals surface area contributed by atoms with Crippen molar-refractivity contribution >= 4 is 23.6 Å². The molecular formula is C23H24F2N2O5. The van der Waals surface area contributed by atoms with Crippen LogP contribution in [0.3, 0.4) is 0 Å². The number of esters is 1. The fourth-order valence-electron chi connectivity index (χ4n) is 2.76. The highest BCUT2D eigenvalue weighted by atomic mass is 19.1. The van der Waals surface area contributed by atoms with Gasteiger partial charge in [0.1, 0.15) is 11.6 Å². The van der Waals surface area contributed by atoms with Crippen molar-refractivity contribution in [3.63, 3.8) is 0 Å². The van der Waals surface area contributed by atoms with Gasteiger partial charge in [-0.2, -0.15) is 0 Å². The molecule has 0 heterocycles. The summed E-state index contributed by atoms with van der Waals surface area (Å²) in [4.78, 5) is 46.6. The van der Waals surface area contributed by atoms with Gasteiger partial charge in [-0.3, -0.25) is 19.2 Å². The topological polar surface area (TPSA) is 102 Å². The molecule has 2 aromatic rings. The number of carbonyl (C=O) groups is 4. The first-order valence-electron chi connectivity index (χ1n) is 10.0. The summed E-state index contributed by atoms with van der Waals surface area (Å²) in [5.74, 6) is -3.75. The molecule has 2 amide bonds. The van der Waals surface area contributed by atoms with Crippen LogP contribution in [-0.4, -0.2) is 43.3 Å². The predicted octanol–water partition coefficient (Wildman–Crippen LogP) is 2.58. The summed E-state index contributed by atoms with van der Waals surface area (Å²) >= 11 is 0. The van der Waals surface area contributed by atoms with E-state index in [9.17, 15) is 28.0 Å². The molecule has 0 radical (unpaired) electrons. The molecular weight excluding hydrogens is 422 g/mol. The van der Waals surface area contributed by atoms with Gasteiger partial charge >= 0.3 is 5.97 Å². The lowest BCUT2D eigenvalue weighted by Crippen LogP contribution is -2.27. The average molecular weight is 446 g/mol. The number of carbonyl (C=O) groups excluding carboxylic acids is 4. The minimum absolute atomic E-state index is 0.0790. The van der Waals surface area contributed by atoms with Gasteiger partial charge in [0.2, 0.25) is 5.91 Å². The first kappa shape index (κ1) is 24.6. The highest BCUT2D eigenvalue weighted by molar-refractivity contribution is 5.98. The molecule has 0 aliphatic heterocycles. The molecule has 0 saturated carbocycles. The molecule has 2 N–H and O–H groups in total. The van der Waals surface area contributed by atoms with Crippen LogP contribution in [0, 0.1) is 11.6 Å². The van der Waals surface area contributed by atoms with Crippen molar-refractivity contribution < 1.29 is 32.7 Å². The minimum Gasteiger partial charge on any atom is -0.457 e. The first-order valence-corrected chi connectivity index (χ1v) is 10.0. The third-order valence-corrected chi connectivity index (χ3v) is 4.45. The number of hydrogen-bond acceptors (Lipinski definition) is 5. The molecule has 0 fully saturated rings. The smallest absolute Gasteiger partial charge is 0.308 e. The Morgan fingerprint density at radius 1 is 0.938 bits per heavy atom. The van der Waals surface area contributed by atoms with Gasteiger partial charge in [0.25, 0.3) is 5.91 Å². The largest absolute Gasteiger partial charge is 0.457 e. The second-order valence-electron chi connectivity index (χ2n) is 7.00. The van der Waals surface area contributed by atoms with Gasteiger partial charge in [-0.25, -0.2) is 8.78 Å². The van der Waals surface area contributed by atoms with Gasteiger partial charge in [-0.1, -0.05) is 24.3 Å². The van der Waals surface area contributed by atoms with E-state index in [0.29, 0.717) is 18.2 Å². The quantitative estimate of drug-likeness (QED) is 0.314. The van der Waals surface area contributed by atoms with E-state index in [0.717, 1.165) is 30.5 Å². The number of hydrogen-bond donors (Lipinski definition) is 2. The maximum atomic E-state index is 13.5. The Morgan fingerprint density at radius 2 is 1.66 bits per heavy atom. The van der Waals surface area contributed by atoms with Crippen LogP contribution >= 0.6 is 0 Å². The van der Waals surface area contributed by atoms with Crippen molar-refractivity contribution in [1.29, 1.82) is 0 Å². The zero-order valence-electron chi connectivity index (χ0n) is 17.6. The number of benzene rings is 2. The van der Waals surface area contributed by atoms with Crippen LogP contribution in [0.4, 0.5) is 8.78 Å². The van der Waals surface area contributed by atoms with Crippen LogP contribution in [0.15, 0.2) is 42.5 Å². The summed E-state index contributed by atoms with van der Waals surface area (Å²) in [6.45, 7) is 1.46. The van der Waals surface area contributed by atoms with Crippen LogP contribution in [0.25, 0.3) is 0 Å². The highest BCUT2D eigenvalue weighted by Crippen LogP contribution is 2.10. The van der Waals surface area contributed by atoms with E-state index in [1.807, 2.05) is 0 Å². The summed E-state index contributed by atoms with van der Waals surface area (Å²) in [5, 5.41) is 5.04. The van der Waals surface area contributed by atoms with Gasteiger partial charge < -0.3 is 15.4 Å². The van der Waals surface area contributed by atoms with Crippen molar-refractivity contribution in [3.8, 4) is 0 Å². The van der Waals surface area contributed by atoms with E-state index in [2.05, 4.69) is 10.6 Å². The lowest BCUT2D eigenvalue weighted by atomic mass is 10.1. The molecule has 0 saturated heterocycles. The number of rotatable bonds is 11. The molecule has 0 unspecified atom stereocenters. The molecule has 32 heavy (non-hydrogen) atoms. The number of ether oxygens (including phenoxy) is 1. The lowest BCUT2D eigenvalue weighted by Gasteiger charge is -2.07. The average Bonchev–Trinajstić information content (AvgIpc) is 2.75. The number of nitrogens with one attached hydrogen (secondary N) is 2. The molecule has 0 atom stereocenters. The Bertz CT molecular complexity index is 977. The van der Waals surface area contributed by atoms with Gasteiger partial charge in [0.15, 0.2) is 12.4 Å². The maximum Gasteiger partial charge on any atom is 0.308 e. The molecule has 0 aliphatic carbocycles. The predicted molar refractivity (Wildman–Crippen MR) is 112 cm³/mol. The number of halogens is 2. The normalized spacial score (nSPS) is 10.3. The minimum atomic E-state index is -1.01. The number of amides is 2. The monoisotopic (exact) mass is 446 g/mol. The van der Waals surface area contributed by atoms with Crippen molar-refractivity contribution in [2.45, 2.75) is 26.2 Å². The first-order chi connectivity index (χ1) is 15.3. The van der Waals surface area contributed by atoms with Crippen molar-refractivity contribution in [3.05, 3.63) is 70.8 Å². The van der Waals surface area contributed by atoms with Crippen molar-refractivity contribution in [2.75, 3.05) is 19.7 Å². The summed E-state index contributed by atoms with van der Waals surface area (Å²) in [6.07, 6.45) is 1.31. The van der Waals surface area contributed by atoms with Crippen LogP contribution < -0.4 is 10.6 Å². The van der Waals surface area contributed by atoms with Crippen LogP contribution in [0.2, 0.25) is 0 Å². The molecule has 0 aromatic heterocycles. The van der Waals surface area contributed by atoms with Crippen molar-refractivity contribution in [2.24, 2.45) is 0 Å². The second kappa shape index (κ2) is 12.3. The standard InChI is InChI=1S/C23H24F2N2O5/c1-15(28)26-11-2-3-16-4-6-17(7-5-16)21(29)14-32-22(30)10-12-27-23(31)19-9-8-18(24)13-20(19)25/h4-9,13H,2-3,10-12,14H2,1H3,(H,26,28)(H,27,31). The van der Waals surface area contributed by atoms with E-state index in [1.165, 1.54) is 6.92 Å². The van der Waals surface area contributed by atoms with Crippen LogP contribution in [0.5, 0.6) is 0 Å². The second-order valence-corrected chi connectivity index (χ2v) is 7.00. The molecule has 2 rings (SSSR count). The Labute approximate surface area is 184 Å². The fourth-order valence-corrected chi connectivity index (χ4v) is 2.76. The zero-order valence-corrected chi connectivity index (χ0v) is 17.6. The van der Waals surface area contributed by atoms with Crippen LogP contribution in [0.1, 0.15) is 46.0 Å². The van der Waals surface area contributed by atoms with E-state index < -0.39 is 30.1 Å². The third kappa shape index (κ3) is 8.25. The third-order valence-electron chi connectivity index (χ3n) is 4.45. The molecule has 0 bridgehead atoms. The van der Waals surface area contributed by atoms with Gasteiger partial charge in [0, 0.05) is 31.6 Å². The molecule has 170 valence electrons. The SMILES string of the molecule is CC(=O)NCCCc1ccc(C(=O)COC(=O)CCNC(=O)c2ccc(F)cc2F)cc1. The Hall–Kier alpha value is -3.62. The van der Waals surface area contributed by atoms with E-state index >= 15 is 0 Å². The number of ketones is 1. The van der Waals surface area contributed by atoms with E-state index in [1.54, 1.807) is 24.3 Å². The number of aryl methyl sites for hydroxylation is 1. The Kier molecular flexibility index (Phi) is 9.46. The highest BCUT2D eigenvalue weighted by Gasteiger charge is 2.14. The molecule has 2 aromatic carbocycles. The van der Waals surface area contributed by atoms with Gasteiger partial charge in [0.05, 0.1) is 12.0 Å². The number of Topliss-reactive ketones (excluding diaryl/α,β-unsaturated/α-hetero) is 1. The lowest BCUT2D eigenvalue weighted by molar-refractivity contribution is -0.142.